The van der Waals surface area contributed by atoms with Gasteiger partial charge in [0.1, 0.15) is 6.04 Å². The van der Waals surface area contributed by atoms with Gasteiger partial charge in [0.05, 0.1) is 33.6 Å². The number of benzene rings is 1. The standard InChI is InChI=1S/C21H26N2O6/c1-13(14-11-17(26-2)19(28-4)18(12-14)27-3)22-20(24)15-7-5-9-23(15)21(25)16-8-6-10-29-16/h6,8,10-13,15H,5,7,9H2,1-4H3,(H,22,24)/t13?,15-/m0/s1. The van der Waals surface area contributed by atoms with Crippen molar-refractivity contribution in [3.05, 3.63) is 41.9 Å². The molecule has 0 saturated carbocycles. The SMILES string of the molecule is COc1cc(C(C)NC(=O)[C@@H]2CCCN2C(=O)c2ccco2)cc(OC)c1OC. The third-order valence-electron chi connectivity index (χ3n) is 5.09. The Kier molecular flexibility index (Phi) is 6.31. The van der Waals surface area contributed by atoms with Gasteiger partial charge in [-0.25, -0.2) is 0 Å². The molecule has 0 spiro atoms. The maximum Gasteiger partial charge on any atom is 0.290 e. The van der Waals surface area contributed by atoms with Crippen molar-refractivity contribution in [2.75, 3.05) is 27.9 Å². The van der Waals surface area contributed by atoms with E-state index in [2.05, 4.69) is 5.32 Å². The van der Waals surface area contributed by atoms with Gasteiger partial charge in [0.25, 0.3) is 5.91 Å². The highest BCUT2D eigenvalue weighted by Crippen LogP contribution is 2.39. The molecule has 0 aliphatic carbocycles. The fourth-order valence-corrected chi connectivity index (χ4v) is 3.57. The zero-order chi connectivity index (χ0) is 21.0. The third-order valence-corrected chi connectivity index (χ3v) is 5.09. The number of nitrogens with zero attached hydrogens (tertiary/aromatic N) is 1. The lowest BCUT2D eigenvalue weighted by atomic mass is 10.1. The highest BCUT2D eigenvalue weighted by Gasteiger charge is 2.36. The molecule has 1 aliphatic rings. The molecule has 1 fully saturated rings. The molecule has 2 heterocycles. The van der Waals surface area contributed by atoms with Gasteiger partial charge in [-0.15, -0.1) is 0 Å². The van der Waals surface area contributed by atoms with Crippen LogP contribution in [0.4, 0.5) is 0 Å². The number of rotatable bonds is 7. The van der Waals surface area contributed by atoms with Gasteiger partial charge in [-0.1, -0.05) is 0 Å². The lowest BCUT2D eigenvalue weighted by molar-refractivity contribution is -0.125. The van der Waals surface area contributed by atoms with Gasteiger partial charge in [0.2, 0.25) is 11.7 Å². The molecule has 8 nitrogen and oxygen atoms in total. The molecule has 1 unspecified atom stereocenters. The van der Waals surface area contributed by atoms with E-state index in [4.69, 9.17) is 18.6 Å². The lowest BCUT2D eigenvalue weighted by Crippen LogP contribution is -2.46. The molecule has 156 valence electrons. The number of carbonyl (C=O) groups is 2. The van der Waals surface area contributed by atoms with Gasteiger partial charge in [0.15, 0.2) is 17.3 Å². The van der Waals surface area contributed by atoms with E-state index in [1.54, 1.807) is 43.4 Å². The van der Waals surface area contributed by atoms with Crippen molar-refractivity contribution >= 4 is 11.8 Å². The lowest BCUT2D eigenvalue weighted by Gasteiger charge is -2.25. The zero-order valence-corrected chi connectivity index (χ0v) is 17.1. The van der Waals surface area contributed by atoms with Crippen LogP contribution in [0.25, 0.3) is 0 Å². The summed E-state index contributed by atoms with van der Waals surface area (Å²) in [6.07, 6.45) is 2.83. The van der Waals surface area contributed by atoms with E-state index in [0.29, 0.717) is 30.2 Å². The van der Waals surface area contributed by atoms with Crippen LogP contribution in [0.3, 0.4) is 0 Å². The van der Waals surface area contributed by atoms with Gasteiger partial charge in [-0.2, -0.15) is 0 Å². The Bertz CT molecular complexity index is 839. The van der Waals surface area contributed by atoms with Crippen LogP contribution < -0.4 is 19.5 Å². The molecule has 2 amide bonds. The van der Waals surface area contributed by atoms with Crippen molar-refractivity contribution < 1.29 is 28.2 Å². The van der Waals surface area contributed by atoms with Crippen molar-refractivity contribution in [3.63, 3.8) is 0 Å². The minimum Gasteiger partial charge on any atom is -0.493 e. The second kappa shape index (κ2) is 8.89. The molecule has 0 radical (unpaired) electrons. The van der Waals surface area contributed by atoms with Gasteiger partial charge in [0, 0.05) is 6.54 Å². The minimum absolute atomic E-state index is 0.205. The van der Waals surface area contributed by atoms with Crippen LogP contribution in [-0.2, 0) is 4.79 Å². The van der Waals surface area contributed by atoms with Crippen molar-refractivity contribution in [1.29, 1.82) is 0 Å². The molecular formula is C21H26N2O6. The largest absolute Gasteiger partial charge is 0.493 e. The molecule has 8 heteroatoms. The van der Waals surface area contributed by atoms with Crippen molar-refractivity contribution in [2.24, 2.45) is 0 Å². The summed E-state index contributed by atoms with van der Waals surface area (Å²) in [5.74, 6) is 1.28. The van der Waals surface area contributed by atoms with Crippen molar-refractivity contribution in [1.82, 2.24) is 10.2 Å². The molecule has 29 heavy (non-hydrogen) atoms. The molecular weight excluding hydrogens is 376 g/mol. The third kappa shape index (κ3) is 4.16. The quantitative estimate of drug-likeness (QED) is 0.766. The van der Waals surface area contributed by atoms with E-state index < -0.39 is 6.04 Å². The van der Waals surface area contributed by atoms with E-state index in [0.717, 1.165) is 12.0 Å². The average molecular weight is 402 g/mol. The first-order valence-corrected chi connectivity index (χ1v) is 9.44. The van der Waals surface area contributed by atoms with Gasteiger partial charge < -0.3 is 28.8 Å². The molecule has 0 bridgehead atoms. The van der Waals surface area contributed by atoms with Crippen molar-refractivity contribution in [3.8, 4) is 17.2 Å². The van der Waals surface area contributed by atoms with E-state index >= 15 is 0 Å². The van der Waals surface area contributed by atoms with Crippen LogP contribution in [0.2, 0.25) is 0 Å². The number of likely N-dealkylation sites (tertiary alicyclic amines) is 1. The minimum atomic E-state index is -0.530. The molecule has 1 N–H and O–H groups in total. The number of nitrogens with one attached hydrogen (secondary N) is 1. The average Bonchev–Trinajstić information content (AvgIpc) is 3.44. The van der Waals surface area contributed by atoms with E-state index in [1.807, 2.05) is 6.92 Å². The molecule has 2 atom stereocenters. The van der Waals surface area contributed by atoms with Crippen LogP contribution in [0.5, 0.6) is 17.2 Å². The highest BCUT2D eigenvalue weighted by atomic mass is 16.5. The topological polar surface area (TPSA) is 90.2 Å². The van der Waals surface area contributed by atoms with Crippen LogP contribution in [0.1, 0.15) is 41.9 Å². The fourth-order valence-electron chi connectivity index (χ4n) is 3.57. The Labute approximate surface area is 169 Å². The van der Waals surface area contributed by atoms with Crippen LogP contribution in [-0.4, -0.2) is 50.6 Å². The number of methoxy groups -OCH3 is 3. The number of hydrogen-bond acceptors (Lipinski definition) is 6. The van der Waals surface area contributed by atoms with Crippen LogP contribution >= 0.6 is 0 Å². The summed E-state index contributed by atoms with van der Waals surface area (Å²) in [4.78, 5) is 27.1. The Hall–Kier alpha value is -3.16. The van der Waals surface area contributed by atoms with E-state index in [-0.39, 0.29) is 23.6 Å². The number of furan rings is 1. The summed E-state index contributed by atoms with van der Waals surface area (Å²) in [7, 11) is 4.62. The second-order valence-corrected chi connectivity index (χ2v) is 6.82. The zero-order valence-electron chi connectivity index (χ0n) is 17.1. The number of amides is 2. The Morgan fingerprint density at radius 1 is 1.17 bits per heavy atom. The first kappa shape index (κ1) is 20.6. The van der Waals surface area contributed by atoms with Gasteiger partial charge in [-0.3, -0.25) is 9.59 Å². The summed E-state index contributed by atoms with van der Waals surface area (Å²) < 4.78 is 21.3. The Morgan fingerprint density at radius 3 is 2.41 bits per heavy atom. The summed E-state index contributed by atoms with van der Waals surface area (Å²) in [6, 6.07) is 6.01. The normalized spacial score (nSPS) is 17.0. The van der Waals surface area contributed by atoms with Crippen LogP contribution in [0, 0.1) is 0 Å². The second-order valence-electron chi connectivity index (χ2n) is 6.82. The number of carbonyl (C=O) groups excluding carboxylic acids is 2. The smallest absolute Gasteiger partial charge is 0.290 e. The highest BCUT2D eigenvalue weighted by molar-refractivity contribution is 5.96. The Morgan fingerprint density at radius 2 is 1.86 bits per heavy atom. The summed E-state index contributed by atoms with van der Waals surface area (Å²) in [6.45, 7) is 2.39. The molecule has 1 saturated heterocycles. The maximum absolute atomic E-state index is 12.9. The van der Waals surface area contributed by atoms with Gasteiger partial charge in [-0.05, 0) is 49.6 Å². The molecule has 1 aliphatic heterocycles. The fraction of sp³-hybridized carbons (Fsp3) is 0.429. The molecule has 1 aromatic heterocycles. The summed E-state index contributed by atoms with van der Waals surface area (Å²) >= 11 is 0. The van der Waals surface area contributed by atoms with Crippen molar-refractivity contribution in [2.45, 2.75) is 31.8 Å². The predicted octanol–water partition coefficient (Wildman–Crippen LogP) is 2.79. The molecule has 2 aromatic rings. The van der Waals surface area contributed by atoms with E-state index in [1.165, 1.54) is 13.4 Å². The Balaban J connectivity index is 1.75. The monoisotopic (exact) mass is 402 g/mol. The first-order chi connectivity index (χ1) is 14.0. The molecule has 3 rings (SSSR count). The summed E-state index contributed by atoms with van der Waals surface area (Å²) in [5, 5.41) is 2.99. The van der Waals surface area contributed by atoms with Crippen LogP contribution in [0.15, 0.2) is 34.9 Å². The van der Waals surface area contributed by atoms with Gasteiger partial charge >= 0.3 is 0 Å². The van der Waals surface area contributed by atoms with E-state index in [9.17, 15) is 9.59 Å². The first-order valence-electron chi connectivity index (χ1n) is 9.44. The number of hydrogen-bond donors (Lipinski definition) is 1. The number of ether oxygens (including phenoxy) is 3. The predicted molar refractivity (Wildman–Crippen MR) is 105 cm³/mol. The summed E-state index contributed by atoms with van der Waals surface area (Å²) in [5.41, 5.74) is 0.801. The molecule has 1 aromatic carbocycles. The maximum atomic E-state index is 12.9.